The van der Waals surface area contributed by atoms with E-state index in [1.807, 2.05) is 24.3 Å². The molecule has 0 saturated heterocycles. The highest BCUT2D eigenvalue weighted by Gasteiger charge is 2.18. The van der Waals surface area contributed by atoms with Gasteiger partial charge in [-0.05, 0) is 37.5 Å². The van der Waals surface area contributed by atoms with Crippen molar-refractivity contribution in [2.45, 2.75) is 33.1 Å². The third-order valence-electron chi connectivity index (χ3n) is 3.84. The van der Waals surface area contributed by atoms with E-state index in [2.05, 4.69) is 17.3 Å². The fraction of sp³-hybridized carbons (Fsp3) is 0.421. The van der Waals surface area contributed by atoms with Crippen molar-refractivity contribution in [3.63, 3.8) is 0 Å². The molecule has 1 aromatic carbocycles. The molecular formula is C19H25N3O4. The van der Waals surface area contributed by atoms with Crippen molar-refractivity contribution in [2.75, 3.05) is 18.5 Å². The minimum Gasteiger partial charge on any atom is -0.494 e. The maximum absolute atomic E-state index is 12.1. The van der Waals surface area contributed by atoms with Crippen LogP contribution in [0.4, 0.5) is 5.82 Å². The van der Waals surface area contributed by atoms with Gasteiger partial charge in [-0.15, -0.1) is 0 Å². The number of ether oxygens (including phenoxy) is 2. The number of aryl methyl sites for hydroxylation is 2. The van der Waals surface area contributed by atoms with Gasteiger partial charge < -0.3 is 14.8 Å². The zero-order chi connectivity index (χ0) is 18.9. The standard InChI is InChI=1S/C19H25N3O4/c1-4-14-8-10-15(11-9-14)26-12-6-7-17(23)21-18-16(13-20-22(18)3)19(24)25-5-2/h8-11,13H,4-7,12H2,1-3H3,(H,21,23). The molecule has 1 aromatic heterocycles. The second-order valence-electron chi connectivity index (χ2n) is 5.75. The molecular weight excluding hydrogens is 334 g/mol. The van der Waals surface area contributed by atoms with E-state index in [9.17, 15) is 9.59 Å². The van der Waals surface area contributed by atoms with Crippen LogP contribution in [-0.2, 0) is 23.0 Å². The molecule has 1 amide bonds. The molecule has 0 unspecified atom stereocenters. The molecule has 0 aliphatic rings. The highest BCUT2D eigenvalue weighted by molar-refractivity contribution is 6.00. The van der Waals surface area contributed by atoms with Gasteiger partial charge in [0, 0.05) is 13.5 Å². The van der Waals surface area contributed by atoms with E-state index in [4.69, 9.17) is 9.47 Å². The van der Waals surface area contributed by atoms with Crippen LogP contribution in [0.5, 0.6) is 5.75 Å². The molecule has 0 aliphatic heterocycles. The first-order valence-corrected chi connectivity index (χ1v) is 8.75. The van der Waals surface area contributed by atoms with Crippen molar-refractivity contribution in [2.24, 2.45) is 7.05 Å². The van der Waals surface area contributed by atoms with Gasteiger partial charge in [-0.25, -0.2) is 4.79 Å². The molecule has 140 valence electrons. The number of aromatic nitrogens is 2. The maximum atomic E-state index is 12.1. The van der Waals surface area contributed by atoms with Crippen LogP contribution in [0.25, 0.3) is 0 Å². The lowest BCUT2D eigenvalue weighted by atomic mass is 10.2. The summed E-state index contributed by atoms with van der Waals surface area (Å²) in [5.41, 5.74) is 1.50. The lowest BCUT2D eigenvalue weighted by molar-refractivity contribution is -0.116. The van der Waals surface area contributed by atoms with Gasteiger partial charge in [-0.1, -0.05) is 19.1 Å². The summed E-state index contributed by atoms with van der Waals surface area (Å²) in [5, 5.41) is 6.72. The fourth-order valence-corrected chi connectivity index (χ4v) is 2.38. The van der Waals surface area contributed by atoms with E-state index >= 15 is 0 Å². The molecule has 0 spiro atoms. The Morgan fingerprint density at radius 3 is 2.58 bits per heavy atom. The van der Waals surface area contributed by atoms with Gasteiger partial charge in [-0.2, -0.15) is 5.10 Å². The average Bonchev–Trinajstić information content (AvgIpc) is 3.00. The van der Waals surface area contributed by atoms with Gasteiger partial charge in [0.25, 0.3) is 0 Å². The van der Waals surface area contributed by atoms with Crippen LogP contribution in [-0.4, -0.2) is 34.9 Å². The summed E-state index contributed by atoms with van der Waals surface area (Å²) in [4.78, 5) is 24.0. The van der Waals surface area contributed by atoms with Crippen molar-refractivity contribution >= 4 is 17.7 Å². The van der Waals surface area contributed by atoms with Crippen LogP contribution < -0.4 is 10.1 Å². The highest BCUT2D eigenvalue weighted by Crippen LogP contribution is 2.16. The number of carbonyl (C=O) groups is 2. The van der Waals surface area contributed by atoms with Gasteiger partial charge in [0.15, 0.2) is 0 Å². The summed E-state index contributed by atoms with van der Waals surface area (Å²) < 4.78 is 12.0. The predicted octanol–water partition coefficient (Wildman–Crippen LogP) is 2.96. The van der Waals surface area contributed by atoms with E-state index in [1.54, 1.807) is 14.0 Å². The molecule has 0 saturated carbocycles. The van der Waals surface area contributed by atoms with Crippen LogP contribution in [0.3, 0.4) is 0 Å². The lowest BCUT2D eigenvalue weighted by Crippen LogP contribution is -2.18. The Labute approximate surface area is 153 Å². The molecule has 2 aromatic rings. The van der Waals surface area contributed by atoms with Gasteiger partial charge in [-0.3, -0.25) is 9.48 Å². The molecule has 7 nitrogen and oxygen atoms in total. The van der Waals surface area contributed by atoms with Crippen molar-refractivity contribution in [1.29, 1.82) is 0 Å². The topological polar surface area (TPSA) is 82.5 Å². The Bertz CT molecular complexity index is 738. The first-order chi connectivity index (χ1) is 12.5. The first kappa shape index (κ1) is 19.5. The summed E-state index contributed by atoms with van der Waals surface area (Å²) in [6, 6.07) is 7.92. The smallest absolute Gasteiger partial charge is 0.343 e. The zero-order valence-corrected chi connectivity index (χ0v) is 15.4. The van der Waals surface area contributed by atoms with Gasteiger partial charge in [0.05, 0.1) is 19.4 Å². The summed E-state index contributed by atoms with van der Waals surface area (Å²) >= 11 is 0. The Morgan fingerprint density at radius 1 is 1.19 bits per heavy atom. The second-order valence-corrected chi connectivity index (χ2v) is 5.75. The van der Waals surface area contributed by atoms with E-state index in [0.29, 0.717) is 18.8 Å². The number of carbonyl (C=O) groups excluding carboxylic acids is 2. The number of benzene rings is 1. The van der Waals surface area contributed by atoms with Crippen LogP contribution in [0.2, 0.25) is 0 Å². The highest BCUT2D eigenvalue weighted by atomic mass is 16.5. The molecule has 0 atom stereocenters. The fourth-order valence-electron chi connectivity index (χ4n) is 2.38. The maximum Gasteiger partial charge on any atom is 0.343 e. The van der Waals surface area contributed by atoms with Gasteiger partial charge >= 0.3 is 5.97 Å². The Kier molecular flexibility index (Phi) is 7.20. The van der Waals surface area contributed by atoms with Crippen molar-refractivity contribution < 1.29 is 19.1 Å². The molecule has 1 heterocycles. The van der Waals surface area contributed by atoms with Crippen LogP contribution >= 0.6 is 0 Å². The Balaban J connectivity index is 1.80. The molecule has 0 bridgehead atoms. The molecule has 1 N–H and O–H groups in total. The van der Waals surface area contributed by atoms with E-state index in [-0.39, 0.29) is 24.5 Å². The monoisotopic (exact) mass is 359 g/mol. The first-order valence-electron chi connectivity index (χ1n) is 8.75. The summed E-state index contributed by atoms with van der Waals surface area (Å²) in [6.45, 7) is 4.53. The summed E-state index contributed by atoms with van der Waals surface area (Å²) in [7, 11) is 1.65. The number of esters is 1. The number of hydrogen-bond donors (Lipinski definition) is 1. The lowest BCUT2D eigenvalue weighted by Gasteiger charge is -2.09. The van der Waals surface area contributed by atoms with Crippen LogP contribution in [0.15, 0.2) is 30.5 Å². The predicted molar refractivity (Wildman–Crippen MR) is 98.3 cm³/mol. The third-order valence-corrected chi connectivity index (χ3v) is 3.84. The molecule has 26 heavy (non-hydrogen) atoms. The quantitative estimate of drug-likeness (QED) is 0.550. The van der Waals surface area contributed by atoms with Gasteiger partial charge in [0.2, 0.25) is 5.91 Å². The number of nitrogens with zero attached hydrogens (tertiary/aromatic N) is 2. The molecule has 7 heteroatoms. The Hall–Kier alpha value is -2.83. The molecule has 2 rings (SSSR count). The number of anilines is 1. The van der Waals surface area contributed by atoms with Crippen molar-refractivity contribution in [3.05, 3.63) is 41.6 Å². The minimum absolute atomic E-state index is 0.205. The summed E-state index contributed by atoms with van der Waals surface area (Å²) in [6.07, 6.45) is 3.22. The number of nitrogens with one attached hydrogen (secondary N) is 1. The third kappa shape index (κ3) is 5.34. The number of hydrogen-bond acceptors (Lipinski definition) is 5. The van der Waals surface area contributed by atoms with Gasteiger partial charge in [0.1, 0.15) is 17.1 Å². The van der Waals surface area contributed by atoms with Crippen molar-refractivity contribution in [3.8, 4) is 5.75 Å². The molecule has 0 radical (unpaired) electrons. The number of rotatable bonds is 9. The Morgan fingerprint density at radius 2 is 1.92 bits per heavy atom. The largest absolute Gasteiger partial charge is 0.494 e. The van der Waals surface area contributed by atoms with Crippen LogP contribution in [0, 0.1) is 0 Å². The normalized spacial score (nSPS) is 10.4. The van der Waals surface area contributed by atoms with Crippen molar-refractivity contribution in [1.82, 2.24) is 9.78 Å². The van der Waals surface area contributed by atoms with E-state index < -0.39 is 5.97 Å². The van der Waals surface area contributed by atoms with E-state index in [1.165, 1.54) is 16.4 Å². The SMILES string of the molecule is CCOC(=O)c1cnn(C)c1NC(=O)CCCOc1ccc(CC)cc1. The number of amides is 1. The molecule has 0 aliphatic carbocycles. The summed E-state index contributed by atoms with van der Waals surface area (Å²) in [5.74, 6) is 0.419. The zero-order valence-electron chi connectivity index (χ0n) is 15.4. The average molecular weight is 359 g/mol. The van der Waals surface area contributed by atoms with E-state index in [0.717, 1.165) is 12.2 Å². The minimum atomic E-state index is -0.505. The molecule has 0 fully saturated rings. The van der Waals surface area contributed by atoms with Crippen LogP contribution in [0.1, 0.15) is 42.6 Å². The second kappa shape index (κ2) is 9.60.